The Morgan fingerprint density at radius 3 is 2.88 bits per heavy atom. The van der Waals surface area contributed by atoms with Crippen LogP contribution in [0.25, 0.3) is 6.08 Å². The number of carbonyl (C=O) groups is 1. The first kappa shape index (κ1) is 13.4. The molecule has 0 aliphatic heterocycles. The smallest absolute Gasteiger partial charge is 0.248 e. The Bertz CT molecular complexity index is 441. The number of rotatable bonds is 5. The molecule has 0 bridgehead atoms. The first-order chi connectivity index (χ1) is 8.21. The van der Waals surface area contributed by atoms with Gasteiger partial charge in [-0.05, 0) is 35.8 Å². The number of amides is 1. The molecule has 0 atom stereocenters. The topological polar surface area (TPSA) is 38.3 Å². The third-order valence-electron chi connectivity index (χ3n) is 2.35. The molecule has 0 heterocycles. The Balaban J connectivity index is 2.90. The first-order valence-corrected chi connectivity index (χ1v) is 5.77. The summed E-state index contributed by atoms with van der Waals surface area (Å²) in [6.45, 7) is 2.06. The molecule has 0 unspecified atom stereocenters. The van der Waals surface area contributed by atoms with Crippen LogP contribution in [-0.4, -0.2) is 18.5 Å². The summed E-state index contributed by atoms with van der Waals surface area (Å²) in [4.78, 5) is 11.2. The molecule has 17 heavy (non-hydrogen) atoms. The minimum absolute atomic E-state index is 0.224. The van der Waals surface area contributed by atoms with E-state index in [1.54, 1.807) is 13.2 Å². The van der Waals surface area contributed by atoms with E-state index in [1.807, 2.05) is 18.2 Å². The molecule has 0 fully saturated rings. The third-order valence-corrected chi connectivity index (χ3v) is 2.46. The molecule has 1 rings (SSSR count). The van der Waals surface area contributed by atoms with Gasteiger partial charge in [0.1, 0.15) is 5.75 Å². The second-order valence-corrected chi connectivity index (χ2v) is 3.61. The van der Waals surface area contributed by atoms with Crippen molar-refractivity contribution < 1.29 is 9.53 Å². The lowest BCUT2D eigenvalue weighted by atomic mass is 10.0. The lowest BCUT2D eigenvalue weighted by molar-refractivity contribution is -0.115. The molecule has 0 radical (unpaired) electrons. The number of hydrogen-bond acceptors (Lipinski definition) is 3. The summed E-state index contributed by atoms with van der Waals surface area (Å²) >= 11 is 4.53. The van der Waals surface area contributed by atoms with E-state index in [4.69, 9.17) is 4.74 Å². The quantitative estimate of drug-likeness (QED) is 0.643. The van der Waals surface area contributed by atoms with E-state index in [0.29, 0.717) is 0 Å². The van der Waals surface area contributed by atoms with Gasteiger partial charge >= 0.3 is 0 Å². The van der Waals surface area contributed by atoms with E-state index in [-0.39, 0.29) is 5.91 Å². The van der Waals surface area contributed by atoms with Crippen molar-refractivity contribution in [1.29, 1.82) is 0 Å². The third kappa shape index (κ3) is 4.00. The van der Waals surface area contributed by atoms with Gasteiger partial charge in [0, 0.05) is 6.08 Å². The molecule has 1 N–H and O–H groups in total. The summed E-state index contributed by atoms with van der Waals surface area (Å²) < 4.78 is 5.15. The van der Waals surface area contributed by atoms with Crippen LogP contribution in [0.1, 0.15) is 18.1 Å². The van der Waals surface area contributed by atoms with Crippen molar-refractivity contribution in [2.24, 2.45) is 0 Å². The Labute approximate surface area is 106 Å². The normalized spacial score (nSPS) is 10.2. The lowest BCUT2D eigenvalue weighted by Crippen LogP contribution is -2.17. The Hall–Kier alpha value is -1.68. The molecule has 0 aliphatic carbocycles. The summed E-state index contributed by atoms with van der Waals surface area (Å²) in [6, 6.07) is 5.77. The van der Waals surface area contributed by atoms with Crippen molar-refractivity contribution >= 4 is 29.7 Å². The van der Waals surface area contributed by atoms with Gasteiger partial charge in [-0.3, -0.25) is 4.79 Å². The Morgan fingerprint density at radius 1 is 1.53 bits per heavy atom. The van der Waals surface area contributed by atoms with E-state index in [9.17, 15) is 4.79 Å². The highest BCUT2D eigenvalue weighted by Gasteiger charge is 2.00. The molecule has 4 heteroatoms. The minimum Gasteiger partial charge on any atom is -0.497 e. The molecule has 90 valence electrons. The van der Waals surface area contributed by atoms with E-state index < -0.39 is 0 Å². The molecule has 0 saturated carbocycles. The number of benzene rings is 1. The molecule has 1 aromatic carbocycles. The van der Waals surface area contributed by atoms with Crippen molar-refractivity contribution in [3.05, 3.63) is 35.4 Å². The van der Waals surface area contributed by atoms with Crippen LogP contribution in [0, 0.1) is 0 Å². The van der Waals surface area contributed by atoms with Crippen molar-refractivity contribution in [3.8, 4) is 5.75 Å². The van der Waals surface area contributed by atoms with Crippen LogP contribution >= 0.6 is 12.2 Å². The molecule has 0 saturated heterocycles. The van der Waals surface area contributed by atoms with Gasteiger partial charge in [0.25, 0.3) is 0 Å². The maximum atomic E-state index is 11.2. The van der Waals surface area contributed by atoms with Crippen LogP contribution in [0.4, 0.5) is 0 Å². The van der Waals surface area contributed by atoms with Gasteiger partial charge in [-0.25, -0.2) is 0 Å². The lowest BCUT2D eigenvalue weighted by Gasteiger charge is -2.06. The summed E-state index contributed by atoms with van der Waals surface area (Å²) in [5.41, 5.74) is 3.34. The van der Waals surface area contributed by atoms with Crippen LogP contribution in [0.2, 0.25) is 0 Å². The van der Waals surface area contributed by atoms with Crippen LogP contribution in [-0.2, 0) is 11.2 Å². The largest absolute Gasteiger partial charge is 0.497 e. The van der Waals surface area contributed by atoms with Gasteiger partial charge in [-0.15, -0.1) is 0 Å². The second-order valence-electron chi connectivity index (χ2n) is 3.38. The average molecular weight is 249 g/mol. The highest BCUT2D eigenvalue weighted by molar-refractivity contribution is 7.78. The van der Waals surface area contributed by atoms with Crippen LogP contribution in [0.3, 0.4) is 0 Å². The summed E-state index contributed by atoms with van der Waals surface area (Å²) in [6.07, 6.45) is 4.11. The fourth-order valence-corrected chi connectivity index (χ4v) is 1.57. The van der Waals surface area contributed by atoms with Gasteiger partial charge < -0.3 is 10.1 Å². The monoisotopic (exact) mass is 249 g/mol. The zero-order valence-corrected chi connectivity index (χ0v) is 10.7. The molecule has 0 aliphatic rings. The van der Waals surface area contributed by atoms with E-state index in [1.165, 1.54) is 11.6 Å². The van der Waals surface area contributed by atoms with Crippen LogP contribution < -0.4 is 10.1 Å². The van der Waals surface area contributed by atoms with Gasteiger partial charge in [0.2, 0.25) is 5.91 Å². The molecular formula is C13H15NO2S. The Morgan fingerprint density at radius 2 is 2.29 bits per heavy atom. The average Bonchev–Trinajstić information content (AvgIpc) is 2.36. The number of thiocarbonyl (C=S) groups is 1. The maximum Gasteiger partial charge on any atom is 0.248 e. The number of aryl methyl sites for hydroxylation is 1. The van der Waals surface area contributed by atoms with Crippen molar-refractivity contribution in [2.45, 2.75) is 13.3 Å². The summed E-state index contributed by atoms with van der Waals surface area (Å²) in [5, 5.41) is 2.42. The fraction of sp³-hybridized carbons (Fsp3) is 0.231. The molecule has 1 aromatic rings. The fourth-order valence-electron chi connectivity index (χ4n) is 1.45. The second kappa shape index (κ2) is 6.81. The predicted molar refractivity (Wildman–Crippen MR) is 73.2 cm³/mol. The number of ether oxygens (including phenoxy) is 1. The first-order valence-electron chi connectivity index (χ1n) is 5.30. The number of hydrogen-bond donors (Lipinski definition) is 1. The minimum atomic E-state index is -0.224. The maximum absolute atomic E-state index is 11.2. The summed E-state index contributed by atoms with van der Waals surface area (Å²) in [7, 11) is 1.64. The number of methoxy groups -OCH3 is 1. The number of carbonyl (C=O) groups excluding carboxylic acids is 1. The molecule has 1 amide bonds. The predicted octanol–water partition coefficient (Wildman–Crippen LogP) is 2.34. The highest BCUT2D eigenvalue weighted by atomic mass is 32.1. The van der Waals surface area contributed by atoms with Crippen molar-refractivity contribution in [1.82, 2.24) is 5.32 Å². The van der Waals surface area contributed by atoms with Crippen molar-refractivity contribution in [3.63, 3.8) is 0 Å². The van der Waals surface area contributed by atoms with E-state index in [0.717, 1.165) is 23.3 Å². The highest BCUT2D eigenvalue weighted by Crippen LogP contribution is 2.19. The molecular weight excluding hydrogens is 234 g/mol. The zero-order valence-electron chi connectivity index (χ0n) is 9.90. The standard InChI is InChI=1S/C13H15NO2S/c1-3-10-8-12(16-2)6-4-11(10)5-7-13(15)14-9-17/h4-9H,3H2,1-2H3,(H,14,15,17). The zero-order chi connectivity index (χ0) is 12.7. The van der Waals surface area contributed by atoms with Crippen LogP contribution in [0.5, 0.6) is 5.75 Å². The van der Waals surface area contributed by atoms with Crippen molar-refractivity contribution in [2.75, 3.05) is 7.11 Å². The molecule has 0 spiro atoms. The van der Waals surface area contributed by atoms with Gasteiger partial charge in [0.05, 0.1) is 12.6 Å². The summed E-state index contributed by atoms with van der Waals surface area (Å²) in [5.74, 6) is 0.597. The van der Waals surface area contributed by atoms with E-state index in [2.05, 4.69) is 24.5 Å². The van der Waals surface area contributed by atoms with Gasteiger partial charge in [-0.1, -0.05) is 25.2 Å². The van der Waals surface area contributed by atoms with Crippen LogP contribution in [0.15, 0.2) is 24.3 Å². The van der Waals surface area contributed by atoms with Gasteiger partial charge in [0.15, 0.2) is 0 Å². The Kier molecular flexibility index (Phi) is 5.36. The SMILES string of the molecule is CCc1cc(OC)ccc1C=CC(=O)NC=S. The van der Waals surface area contributed by atoms with E-state index >= 15 is 0 Å². The van der Waals surface area contributed by atoms with Gasteiger partial charge in [-0.2, -0.15) is 0 Å². The molecule has 3 nitrogen and oxygen atoms in total. The number of nitrogens with one attached hydrogen (secondary N) is 1. The molecule has 0 aromatic heterocycles.